The van der Waals surface area contributed by atoms with Crippen molar-refractivity contribution in [2.75, 3.05) is 0 Å². The predicted molar refractivity (Wildman–Crippen MR) is 39.9 cm³/mol. The summed E-state index contributed by atoms with van der Waals surface area (Å²) in [5, 5.41) is 33.5. The molecule has 0 spiro atoms. The molecule has 0 fully saturated rings. The van der Waals surface area contributed by atoms with Crippen LogP contribution >= 0.6 is 20.2 Å². The third-order valence-electron chi connectivity index (χ3n) is 0.713. The van der Waals surface area contributed by atoms with Crippen LogP contribution in [0.3, 0.4) is 0 Å². The van der Waals surface area contributed by atoms with Crippen LogP contribution in [0.5, 0.6) is 0 Å². The van der Waals surface area contributed by atoms with Gasteiger partial charge in [0.1, 0.15) is 0 Å². The zero-order valence-corrected chi connectivity index (χ0v) is 9.25. The van der Waals surface area contributed by atoms with Gasteiger partial charge in [0.15, 0.2) is 0 Å². The fourth-order valence-electron chi connectivity index (χ4n) is 0.106. The van der Waals surface area contributed by atoms with E-state index in [9.17, 15) is 0 Å². The van der Waals surface area contributed by atoms with Crippen LogP contribution < -0.4 is 0 Å². The van der Waals surface area contributed by atoms with Crippen molar-refractivity contribution in [1.29, 1.82) is 21.0 Å². The summed E-state index contributed by atoms with van der Waals surface area (Å²) in [6, 6.07) is 0. The van der Waals surface area contributed by atoms with E-state index in [1.165, 1.54) is 0 Å². The van der Waals surface area contributed by atoms with Gasteiger partial charge in [-0.1, -0.05) is 0 Å². The average molecular weight is 258 g/mol. The van der Waals surface area contributed by atoms with E-state index in [1.54, 1.807) is 0 Å². The van der Waals surface area contributed by atoms with Crippen molar-refractivity contribution in [1.82, 2.24) is 0 Å². The maximum absolute atomic E-state index is 8.38. The molecule has 0 aliphatic heterocycles. The molecule has 0 saturated carbocycles. The van der Waals surface area contributed by atoms with Crippen molar-refractivity contribution in [3.8, 4) is 19.9 Å². The number of nitrogens with zero attached hydrogens (tertiary/aromatic N) is 4. The maximum Gasteiger partial charge on any atom is 3.00 e. The molecular weight excluding hydrogens is 258 g/mol. The molecule has 0 atom stereocenters. The quantitative estimate of drug-likeness (QED) is 0.606. The third kappa shape index (κ3) is 1.84. The molecule has 4 nitrogen and oxygen atoms in total. The Kier molecular flexibility index (Phi) is 3.32. The molecule has 61 valence electrons. The maximum atomic E-state index is 8.38. The second-order valence-electron chi connectivity index (χ2n) is 1.43. The first kappa shape index (κ1) is 14.1. The Morgan fingerprint density at radius 2 is 0.917 bits per heavy atom. The van der Waals surface area contributed by atoms with Crippen LogP contribution in [0.25, 0.3) is 0 Å². The van der Waals surface area contributed by atoms with Crippen LogP contribution in [-0.4, -0.2) is 17.4 Å². The summed E-state index contributed by atoms with van der Waals surface area (Å²) < 4.78 is 0. The second kappa shape index (κ2) is 2.82. The normalized spacial score (nSPS) is 14.2. The van der Waals surface area contributed by atoms with E-state index in [1.807, 2.05) is 0 Å². The van der Waals surface area contributed by atoms with Crippen LogP contribution in [0.4, 0.5) is 0 Å². The van der Waals surface area contributed by atoms with Gasteiger partial charge in [-0.15, -0.1) is 0 Å². The summed E-state index contributed by atoms with van der Waals surface area (Å²) >= 11 is 0. The molecule has 12 heavy (non-hydrogen) atoms. The number of hydrogen-bond acceptors (Lipinski definition) is 4. The Morgan fingerprint density at radius 3 is 0.917 bits per heavy atom. The van der Waals surface area contributed by atoms with Crippen LogP contribution in [0, 0.1) is 40.9 Å². The van der Waals surface area contributed by atoms with Gasteiger partial charge in [0.05, 0.1) is 0 Å². The molecule has 0 heterocycles. The number of halogens is 2. The average Bonchev–Trinajstić information content (AvgIpc) is 2.07. The van der Waals surface area contributed by atoms with Crippen molar-refractivity contribution in [3.05, 3.63) is 0 Å². The predicted octanol–water partition coefficient (Wildman–Crippen LogP) is 1.06. The SMILES string of the molecule is N#[C][Fe-3]([Cl])([Cl])([C]#N)([C]#N)[C]#N.[Al+3]. The van der Waals surface area contributed by atoms with Gasteiger partial charge < -0.3 is 0 Å². The number of nitriles is 4. The van der Waals surface area contributed by atoms with E-state index < -0.39 is 8.91 Å². The van der Waals surface area contributed by atoms with E-state index in [2.05, 4.69) is 0 Å². The summed E-state index contributed by atoms with van der Waals surface area (Å²) in [6.45, 7) is 0. The van der Waals surface area contributed by atoms with Crippen LogP contribution in [0.15, 0.2) is 0 Å². The molecule has 8 heteroatoms. The molecule has 0 rings (SSSR count). The Hall–Kier alpha value is -0.408. The Morgan fingerprint density at radius 1 is 0.750 bits per heavy atom. The van der Waals surface area contributed by atoms with Gasteiger partial charge in [-0.2, -0.15) is 0 Å². The van der Waals surface area contributed by atoms with Crippen molar-refractivity contribution < 1.29 is 8.91 Å². The van der Waals surface area contributed by atoms with Gasteiger partial charge in [0, 0.05) is 0 Å². The summed E-state index contributed by atoms with van der Waals surface area (Å²) in [4.78, 5) is 4.44. The number of rotatable bonds is 0. The van der Waals surface area contributed by atoms with E-state index in [4.69, 9.17) is 41.2 Å². The van der Waals surface area contributed by atoms with Crippen LogP contribution in [0.1, 0.15) is 0 Å². The van der Waals surface area contributed by atoms with Crippen molar-refractivity contribution >= 4 is 37.6 Å². The Labute approximate surface area is 87.0 Å². The molecular formula is C4AlCl2FeN4. The van der Waals surface area contributed by atoms with Crippen molar-refractivity contribution in [2.45, 2.75) is 0 Å². The largest absolute Gasteiger partial charge is 3.00 e. The first-order chi connectivity index (χ1) is 4.80. The summed E-state index contributed by atoms with van der Waals surface area (Å²) in [7, 11) is 4.77. The van der Waals surface area contributed by atoms with Gasteiger partial charge in [-0.05, 0) is 0 Å². The monoisotopic (exact) mass is 257 g/mol. The zero-order chi connectivity index (χ0) is 9.24. The molecule has 0 aromatic carbocycles. The standard InChI is InChI=1S/4CN.Al.2ClH.Fe/c4*1-2;;;;/h;;;;;2*1H;/q;;;;+3;;;-1/p-2. The van der Waals surface area contributed by atoms with Gasteiger partial charge in [-0.3, -0.25) is 0 Å². The van der Waals surface area contributed by atoms with E-state index in [-0.39, 0.29) is 17.4 Å². The second-order valence-corrected chi connectivity index (χ2v) is 12.0. The topological polar surface area (TPSA) is 95.2 Å². The number of hydrogen-bond donors (Lipinski definition) is 0. The minimum Gasteiger partial charge on any atom is 3.00 e. The molecule has 0 N–H and O–H groups in total. The molecule has 0 aliphatic rings. The molecule has 0 saturated heterocycles. The van der Waals surface area contributed by atoms with E-state index >= 15 is 0 Å². The van der Waals surface area contributed by atoms with Crippen molar-refractivity contribution in [3.63, 3.8) is 0 Å². The molecule has 0 bridgehead atoms. The van der Waals surface area contributed by atoms with Gasteiger partial charge in [-0.25, -0.2) is 0 Å². The van der Waals surface area contributed by atoms with Crippen LogP contribution in [0.2, 0.25) is 0 Å². The first-order valence-corrected chi connectivity index (χ1v) is 7.12. The smallest absolute Gasteiger partial charge is 3.00 e. The summed E-state index contributed by atoms with van der Waals surface area (Å²) in [5.74, 6) is 0. The van der Waals surface area contributed by atoms with Crippen LogP contribution in [-0.2, 0) is 8.91 Å². The molecule has 0 amide bonds. The van der Waals surface area contributed by atoms with Gasteiger partial charge in [0.2, 0.25) is 0 Å². The molecule has 0 aromatic heterocycles. The minimum absolute atomic E-state index is 0. The molecule has 0 radical (unpaired) electrons. The Balaban J connectivity index is 0. The first-order valence-electron chi connectivity index (χ1n) is 1.87. The van der Waals surface area contributed by atoms with Crippen molar-refractivity contribution in [2.24, 2.45) is 0 Å². The Bertz CT molecular complexity index is 312. The van der Waals surface area contributed by atoms with Gasteiger partial charge in [0.25, 0.3) is 0 Å². The summed E-state index contributed by atoms with van der Waals surface area (Å²) in [5.41, 5.74) is 0. The molecule has 0 unspecified atom stereocenters. The third-order valence-corrected chi connectivity index (χ3v) is 4.91. The van der Waals surface area contributed by atoms with E-state index in [0.717, 1.165) is 19.9 Å². The fraction of sp³-hybridized carbons (Fsp3) is 0. The molecule has 0 aromatic rings. The fourth-order valence-corrected chi connectivity index (χ4v) is 0.437. The van der Waals surface area contributed by atoms with Gasteiger partial charge >= 0.3 is 87.4 Å². The van der Waals surface area contributed by atoms with E-state index in [0.29, 0.717) is 0 Å². The molecule has 0 aliphatic carbocycles. The zero-order valence-electron chi connectivity index (χ0n) is 5.48. The minimum atomic E-state index is -5.75. The summed E-state index contributed by atoms with van der Waals surface area (Å²) in [6.07, 6.45) is 0.